The number of hydrogen-bond donors (Lipinski definition) is 4. The molecular formula is C15H14N4O5. The maximum absolute atomic E-state index is 12.0. The van der Waals surface area contributed by atoms with E-state index in [1.807, 2.05) is 0 Å². The monoisotopic (exact) mass is 330 g/mol. The molecule has 4 amide bonds. The molecule has 0 radical (unpaired) electrons. The van der Waals surface area contributed by atoms with Crippen molar-refractivity contribution in [1.29, 1.82) is 0 Å². The minimum atomic E-state index is -0.920. The van der Waals surface area contributed by atoms with Gasteiger partial charge in [0.05, 0.1) is 5.39 Å². The van der Waals surface area contributed by atoms with Gasteiger partial charge in [0.25, 0.3) is 0 Å². The van der Waals surface area contributed by atoms with Gasteiger partial charge >= 0.3 is 6.03 Å². The number of nitrogens with one attached hydrogen (secondary N) is 1. The molecule has 124 valence electrons. The number of carbonyl (C=O) groups excluding carboxylic acids is 3. The quantitative estimate of drug-likeness (QED) is 0.468. The molecule has 1 saturated heterocycles. The maximum atomic E-state index is 12.0. The van der Waals surface area contributed by atoms with Gasteiger partial charge in [-0.15, -0.1) is 0 Å². The molecule has 1 aliphatic rings. The van der Waals surface area contributed by atoms with E-state index < -0.39 is 23.9 Å². The standard InChI is InChI=1S/C15H14N4O5/c16-15(24)17-6-7-2-1-3-8-11(7)14(23)19(13(8)22)9-4-5-10(20)18-12(9)21/h1-3,6,9,22-23H,4-5H2,(H2,16,24)(H,18,20,21). The Morgan fingerprint density at radius 2 is 2.08 bits per heavy atom. The average molecular weight is 330 g/mol. The van der Waals surface area contributed by atoms with E-state index >= 15 is 0 Å². The zero-order chi connectivity index (χ0) is 17.4. The van der Waals surface area contributed by atoms with Crippen molar-refractivity contribution >= 4 is 34.8 Å². The summed E-state index contributed by atoms with van der Waals surface area (Å²) in [4.78, 5) is 37.6. The summed E-state index contributed by atoms with van der Waals surface area (Å²) in [5.74, 6) is -1.68. The van der Waals surface area contributed by atoms with Crippen LogP contribution in [-0.2, 0) is 9.59 Å². The minimum absolute atomic E-state index is 0.0970. The second kappa shape index (κ2) is 5.69. The molecule has 1 aliphatic heterocycles. The third-order valence-electron chi connectivity index (χ3n) is 3.87. The molecule has 1 fully saturated rings. The SMILES string of the molecule is NC(=O)N=Cc1cccc2c(O)n(C3CCC(=O)NC3=O)c(O)c12. The van der Waals surface area contributed by atoms with E-state index in [2.05, 4.69) is 10.3 Å². The number of rotatable bonds is 2. The van der Waals surface area contributed by atoms with Crippen LogP contribution >= 0.6 is 0 Å². The van der Waals surface area contributed by atoms with E-state index in [1.54, 1.807) is 18.2 Å². The maximum Gasteiger partial charge on any atom is 0.338 e. The number of urea groups is 1. The lowest BCUT2D eigenvalue weighted by Crippen LogP contribution is -2.41. The Labute approximate surface area is 135 Å². The van der Waals surface area contributed by atoms with Gasteiger partial charge in [-0.1, -0.05) is 12.1 Å². The zero-order valence-electron chi connectivity index (χ0n) is 12.4. The van der Waals surface area contributed by atoms with Crippen LogP contribution in [0.25, 0.3) is 10.8 Å². The summed E-state index contributed by atoms with van der Waals surface area (Å²) in [6.07, 6.45) is 1.41. The lowest BCUT2D eigenvalue weighted by Gasteiger charge is -2.23. The number of imide groups is 1. The normalized spacial score (nSPS) is 18.2. The molecular weight excluding hydrogens is 316 g/mol. The number of aromatic nitrogens is 1. The molecule has 0 bridgehead atoms. The van der Waals surface area contributed by atoms with E-state index in [1.165, 1.54) is 6.21 Å². The summed E-state index contributed by atoms with van der Waals surface area (Å²) in [5.41, 5.74) is 5.32. The molecule has 2 heterocycles. The van der Waals surface area contributed by atoms with Gasteiger partial charge in [-0.05, 0) is 12.5 Å². The van der Waals surface area contributed by atoms with Crippen LogP contribution in [0.1, 0.15) is 24.4 Å². The first-order valence-electron chi connectivity index (χ1n) is 7.12. The average Bonchev–Trinajstić information content (AvgIpc) is 2.78. The van der Waals surface area contributed by atoms with E-state index in [-0.39, 0.29) is 35.4 Å². The van der Waals surface area contributed by atoms with Gasteiger partial charge in [-0.2, -0.15) is 0 Å². The highest BCUT2D eigenvalue weighted by molar-refractivity contribution is 6.08. The largest absolute Gasteiger partial charge is 0.494 e. The number of primary amides is 1. The van der Waals surface area contributed by atoms with Crippen molar-refractivity contribution in [2.24, 2.45) is 10.7 Å². The molecule has 1 aromatic heterocycles. The predicted molar refractivity (Wildman–Crippen MR) is 83.9 cm³/mol. The Hall–Kier alpha value is -3.36. The predicted octanol–water partition coefficient (Wildman–Crippen LogP) is 0.528. The molecule has 1 atom stereocenters. The molecule has 0 spiro atoms. The van der Waals surface area contributed by atoms with Crippen LogP contribution < -0.4 is 11.1 Å². The number of piperidine rings is 1. The van der Waals surface area contributed by atoms with Crippen molar-refractivity contribution in [3.8, 4) is 11.8 Å². The van der Waals surface area contributed by atoms with Gasteiger partial charge in [0.1, 0.15) is 6.04 Å². The van der Waals surface area contributed by atoms with Gasteiger partial charge in [0.2, 0.25) is 23.6 Å². The Kier molecular flexibility index (Phi) is 3.68. The Balaban J connectivity index is 2.17. The highest BCUT2D eigenvalue weighted by atomic mass is 16.3. The van der Waals surface area contributed by atoms with Crippen molar-refractivity contribution in [1.82, 2.24) is 9.88 Å². The highest BCUT2D eigenvalue weighted by Gasteiger charge is 2.33. The number of carbonyl (C=O) groups is 3. The number of hydrogen-bond acceptors (Lipinski definition) is 5. The van der Waals surface area contributed by atoms with E-state index in [0.29, 0.717) is 5.56 Å². The van der Waals surface area contributed by atoms with Crippen LogP contribution in [0.15, 0.2) is 23.2 Å². The molecule has 5 N–H and O–H groups in total. The molecule has 1 unspecified atom stereocenters. The van der Waals surface area contributed by atoms with Crippen LogP contribution in [0.2, 0.25) is 0 Å². The molecule has 1 aromatic carbocycles. The molecule has 3 rings (SSSR count). The van der Waals surface area contributed by atoms with Crippen molar-refractivity contribution in [3.63, 3.8) is 0 Å². The molecule has 9 nitrogen and oxygen atoms in total. The summed E-state index contributed by atoms with van der Waals surface area (Å²) in [7, 11) is 0. The second-order valence-electron chi connectivity index (χ2n) is 5.35. The van der Waals surface area contributed by atoms with Crippen molar-refractivity contribution in [2.75, 3.05) is 0 Å². The number of aromatic hydroxyl groups is 2. The first kappa shape index (κ1) is 15.5. The summed E-state index contributed by atoms with van der Waals surface area (Å²) >= 11 is 0. The van der Waals surface area contributed by atoms with Crippen molar-refractivity contribution < 1.29 is 24.6 Å². The third-order valence-corrected chi connectivity index (χ3v) is 3.87. The molecule has 9 heteroatoms. The zero-order valence-corrected chi connectivity index (χ0v) is 12.4. The number of benzene rings is 1. The number of fused-ring (bicyclic) bond motifs is 1. The van der Waals surface area contributed by atoms with Gasteiger partial charge in [0, 0.05) is 23.6 Å². The number of amides is 4. The van der Waals surface area contributed by atoms with Gasteiger partial charge in [-0.25, -0.2) is 9.79 Å². The number of nitrogens with zero attached hydrogens (tertiary/aromatic N) is 2. The molecule has 0 aliphatic carbocycles. The number of aliphatic imine (C=N–C) groups is 1. The van der Waals surface area contributed by atoms with Gasteiger partial charge in [0.15, 0.2) is 0 Å². The van der Waals surface area contributed by atoms with Crippen molar-refractivity contribution in [3.05, 3.63) is 23.8 Å². The van der Waals surface area contributed by atoms with Gasteiger partial charge < -0.3 is 15.9 Å². The smallest absolute Gasteiger partial charge is 0.338 e. The lowest BCUT2D eigenvalue weighted by molar-refractivity contribution is -0.135. The summed E-state index contributed by atoms with van der Waals surface area (Å²) < 4.78 is 1.06. The van der Waals surface area contributed by atoms with Crippen LogP contribution in [0.4, 0.5) is 4.79 Å². The van der Waals surface area contributed by atoms with Crippen LogP contribution in [0.3, 0.4) is 0 Å². The topological polar surface area (TPSA) is 147 Å². The molecule has 2 aromatic rings. The summed E-state index contributed by atoms with van der Waals surface area (Å²) in [6, 6.07) is 2.90. The van der Waals surface area contributed by atoms with E-state index in [0.717, 1.165) is 4.57 Å². The summed E-state index contributed by atoms with van der Waals surface area (Å²) in [6.45, 7) is 0. The molecule has 0 saturated carbocycles. The Morgan fingerprint density at radius 1 is 1.33 bits per heavy atom. The minimum Gasteiger partial charge on any atom is -0.494 e. The van der Waals surface area contributed by atoms with Crippen LogP contribution in [-0.4, -0.2) is 38.8 Å². The van der Waals surface area contributed by atoms with Gasteiger partial charge in [-0.3, -0.25) is 19.5 Å². The molecule has 24 heavy (non-hydrogen) atoms. The highest BCUT2D eigenvalue weighted by Crippen LogP contribution is 2.41. The van der Waals surface area contributed by atoms with E-state index in [4.69, 9.17) is 5.73 Å². The Bertz CT molecular complexity index is 899. The lowest BCUT2D eigenvalue weighted by atomic mass is 10.1. The van der Waals surface area contributed by atoms with Crippen LogP contribution in [0, 0.1) is 0 Å². The van der Waals surface area contributed by atoms with Crippen LogP contribution in [0.5, 0.6) is 11.8 Å². The van der Waals surface area contributed by atoms with Crippen molar-refractivity contribution in [2.45, 2.75) is 18.9 Å². The Morgan fingerprint density at radius 3 is 2.75 bits per heavy atom. The second-order valence-corrected chi connectivity index (χ2v) is 5.35. The van der Waals surface area contributed by atoms with E-state index in [9.17, 15) is 24.6 Å². The first-order valence-corrected chi connectivity index (χ1v) is 7.12. The first-order chi connectivity index (χ1) is 11.4. The fourth-order valence-corrected chi connectivity index (χ4v) is 2.82. The third kappa shape index (κ3) is 2.45. The fraction of sp³-hybridized carbons (Fsp3) is 0.200. The summed E-state index contributed by atoms with van der Waals surface area (Å²) in [5, 5.41) is 23.6. The number of nitrogens with two attached hydrogens (primary N) is 1. The fourth-order valence-electron chi connectivity index (χ4n) is 2.82.